The molecule has 1 saturated heterocycles. The lowest BCUT2D eigenvalue weighted by atomic mass is 9.99. The van der Waals surface area contributed by atoms with Gasteiger partial charge in [-0.3, -0.25) is 9.59 Å². The number of carbonyl (C=O) groups is 2. The number of hydrogen-bond acceptors (Lipinski definition) is 4. The zero-order chi connectivity index (χ0) is 19.8. The highest BCUT2D eigenvalue weighted by atomic mass is 16.2. The Morgan fingerprint density at radius 2 is 1.86 bits per heavy atom. The van der Waals surface area contributed by atoms with E-state index in [0.29, 0.717) is 13.1 Å². The molecule has 0 bridgehead atoms. The van der Waals surface area contributed by atoms with Crippen LogP contribution in [0.1, 0.15) is 51.0 Å². The molecular formula is C22H32N4O2. The molecule has 28 heavy (non-hydrogen) atoms. The van der Waals surface area contributed by atoms with E-state index in [2.05, 4.69) is 22.2 Å². The molecule has 152 valence electrons. The van der Waals surface area contributed by atoms with E-state index in [9.17, 15) is 9.59 Å². The van der Waals surface area contributed by atoms with Crippen molar-refractivity contribution in [2.75, 3.05) is 32.7 Å². The van der Waals surface area contributed by atoms with Gasteiger partial charge in [-0.1, -0.05) is 37.3 Å². The highest BCUT2D eigenvalue weighted by molar-refractivity contribution is 6.02. The number of rotatable bonds is 8. The number of hydrazone groups is 1. The van der Waals surface area contributed by atoms with Crippen LogP contribution in [0.4, 0.5) is 0 Å². The Hall–Kier alpha value is -2.21. The van der Waals surface area contributed by atoms with Gasteiger partial charge in [0.1, 0.15) is 0 Å². The second kappa shape index (κ2) is 10.4. The maximum Gasteiger partial charge on any atom is 0.243 e. The molecule has 0 unspecified atom stereocenters. The Morgan fingerprint density at radius 3 is 2.61 bits per heavy atom. The third-order valence-electron chi connectivity index (χ3n) is 5.61. The molecule has 2 amide bonds. The summed E-state index contributed by atoms with van der Waals surface area (Å²) in [6.45, 7) is 6.97. The summed E-state index contributed by atoms with van der Waals surface area (Å²) in [5.41, 5.74) is 1.99. The molecule has 3 rings (SSSR count). The van der Waals surface area contributed by atoms with E-state index in [1.807, 2.05) is 30.3 Å². The first-order valence-electron chi connectivity index (χ1n) is 10.5. The normalized spacial score (nSPS) is 18.2. The minimum atomic E-state index is -0.0801. The van der Waals surface area contributed by atoms with Gasteiger partial charge in [0.2, 0.25) is 11.8 Å². The van der Waals surface area contributed by atoms with Crippen LogP contribution in [0.2, 0.25) is 0 Å². The lowest BCUT2D eigenvalue weighted by molar-refractivity contribution is -0.133. The first kappa shape index (κ1) is 20.5. The number of piperidine rings is 1. The molecule has 1 aromatic rings. The molecule has 2 heterocycles. The van der Waals surface area contributed by atoms with E-state index in [1.54, 1.807) is 0 Å². The Morgan fingerprint density at radius 1 is 1.11 bits per heavy atom. The highest BCUT2D eigenvalue weighted by Gasteiger charge is 2.22. The second-order valence-corrected chi connectivity index (χ2v) is 7.91. The summed E-state index contributed by atoms with van der Waals surface area (Å²) in [7, 11) is 0. The van der Waals surface area contributed by atoms with Crippen molar-refractivity contribution in [1.29, 1.82) is 0 Å². The molecule has 2 aliphatic heterocycles. The molecule has 0 aromatic heterocycles. The van der Waals surface area contributed by atoms with E-state index in [-0.39, 0.29) is 24.7 Å². The van der Waals surface area contributed by atoms with Crippen molar-refractivity contribution in [1.82, 2.24) is 15.2 Å². The van der Waals surface area contributed by atoms with Gasteiger partial charge in [0, 0.05) is 25.8 Å². The molecule has 0 aliphatic carbocycles. The van der Waals surface area contributed by atoms with Crippen LogP contribution in [-0.2, 0) is 9.59 Å². The molecule has 1 aromatic carbocycles. The van der Waals surface area contributed by atoms with Crippen LogP contribution in [0.15, 0.2) is 35.4 Å². The van der Waals surface area contributed by atoms with Gasteiger partial charge in [0.25, 0.3) is 0 Å². The fourth-order valence-electron chi connectivity index (χ4n) is 3.72. The van der Waals surface area contributed by atoms with Crippen LogP contribution in [-0.4, -0.2) is 60.2 Å². The highest BCUT2D eigenvalue weighted by Crippen LogP contribution is 2.16. The van der Waals surface area contributed by atoms with Crippen LogP contribution in [0, 0.1) is 5.92 Å². The number of carbonyl (C=O) groups excluding carboxylic acids is 2. The monoisotopic (exact) mass is 384 g/mol. The summed E-state index contributed by atoms with van der Waals surface area (Å²) >= 11 is 0. The van der Waals surface area contributed by atoms with Crippen LogP contribution in [0.3, 0.4) is 0 Å². The zero-order valence-electron chi connectivity index (χ0n) is 16.9. The van der Waals surface area contributed by atoms with Crippen LogP contribution in [0.25, 0.3) is 0 Å². The average molecular weight is 385 g/mol. The minimum absolute atomic E-state index is 0.0490. The molecule has 1 fully saturated rings. The number of hydrogen-bond donors (Lipinski definition) is 1. The molecule has 1 N–H and O–H groups in total. The van der Waals surface area contributed by atoms with Gasteiger partial charge >= 0.3 is 0 Å². The standard InChI is InChI=1S/C22H32N4O2/c1-18-10-15-25(16-11-18)14-5-13-23-21(27)8-9-22(28)26-17-12-20(24-26)19-6-3-2-4-7-19/h2-4,6-7,18H,5,8-17H2,1H3,(H,23,27). The zero-order valence-corrected chi connectivity index (χ0v) is 16.9. The largest absolute Gasteiger partial charge is 0.356 e. The third kappa shape index (κ3) is 6.16. The molecule has 6 heteroatoms. The topological polar surface area (TPSA) is 65.0 Å². The molecule has 0 saturated carbocycles. The second-order valence-electron chi connectivity index (χ2n) is 7.91. The maximum absolute atomic E-state index is 12.3. The molecule has 2 aliphatic rings. The Balaban J connectivity index is 1.30. The number of likely N-dealkylation sites (tertiary alicyclic amines) is 1. The maximum atomic E-state index is 12.3. The Kier molecular flexibility index (Phi) is 7.60. The van der Waals surface area contributed by atoms with Gasteiger partial charge in [-0.25, -0.2) is 5.01 Å². The van der Waals surface area contributed by atoms with Crippen molar-refractivity contribution in [2.24, 2.45) is 11.0 Å². The van der Waals surface area contributed by atoms with Gasteiger partial charge < -0.3 is 10.2 Å². The fourth-order valence-corrected chi connectivity index (χ4v) is 3.72. The van der Waals surface area contributed by atoms with E-state index in [1.165, 1.54) is 30.9 Å². The van der Waals surface area contributed by atoms with Gasteiger partial charge in [-0.2, -0.15) is 5.10 Å². The van der Waals surface area contributed by atoms with E-state index in [0.717, 1.165) is 36.6 Å². The Labute approximate surface area is 168 Å². The van der Waals surface area contributed by atoms with E-state index in [4.69, 9.17) is 0 Å². The van der Waals surface area contributed by atoms with Crippen molar-refractivity contribution < 1.29 is 9.59 Å². The van der Waals surface area contributed by atoms with Crippen molar-refractivity contribution in [3.05, 3.63) is 35.9 Å². The molecule has 0 atom stereocenters. The predicted octanol–water partition coefficient (Wildman–Crippen LogP) is 2.64. The molecular weight excluding hydrogens is 352 g/mol. The van der Waals surface area contributed by atoms with Gasteiger partial charge in [-0.05, 0) is 50.4 Å². The van der Waals surface area contributed by atoms with Gasteiger partial charge in [0.05, 0.1) is 12.3 Å². The summed E-state index contributed by atoms with van der Waals surface area (Å²) in [4.78, 5) is 26.8. The van der Waals surface area contributed by atoms with Gasteiger partial charge in [0.15, 0.2) is 0 Å². The number of nitrogens with zero attached hydrogens (tertiary/aromatic N) is 3. The summed E-state index contributed by atoms with van der Waals surface area (Å²) in [6.07, 6.45) is 4.72. The predicted molar refractivity (Wildman–Crippen MR) is 111 cm³/mol. The summed E-state index contributed by atoms with van der Waals surface area (Å²) < 4.78 is 0. The first-order valence-corrected chi connectivity index (χ1v) is 10.5. The third-order valence-corrected chi connectivity index (χ3v) is 5.61. The van der Waals surface area contributed by atoms with E-state index >= 15 is 0 Å². The van der Waals surface area contributed by atoms with E-state index < -0.39 is 0 Å². The number of amides is 2. The van der Waals surface area contributed by atoms with Crippen LogP contribution in [0.5, 0.6) is 0 Å². The summed E-state index contributed by atoms with van der Waals surface area (Å²) in [5.74, 6) is 0.716. The molecule has 0 radical (unpaired) electrons. The number of nitrogens with one attached hydrogen (secondary N) is 1. The van der Waals surface area contributed by atoms with Crippen molar-refractivity contribution >= 4 is 17.5 Å². The lowest BCUT2D eigenvalue weighted by Gasteiger charge is -2.30. The summed E-state index contributed by atoms with van der Waals surface area (Å²) in [5, 5.41) is 8.88. The van der Waals surface area contributed by atoms with Gasteiger partial charge in [-0.15, -0.1) is 0 Å². The molecule has 0 spiro atoms. The van der Waals surface area contributed by atoms with Crippen molar-refractivity contribution in [2.45, 2.75) is 45.4 Å². The number of benzene rings is 1. The smallest absolute Gasteiger partial charge is 0.243 e. The Bertz CT molecular complexity index is 681. The summed E-state index contributed by atoms with van der Waals surface area (Å²) in [6, 6.07) is 9.92. The molecule has 6 nitrogen and oxygen atoms in total. The fraction of sp³-hybridized carbons (Fsp3) is 0.591. The van der Waals surface area contributed by atoms with Crippen molar-refractivity contribution in [3.8, 4) is 0 Å². The van der Waals surface area contributed by atoms with Crippen LogP contribution < -0.4 is 5.32 Å². The average Bonchev–Trinajstić information content (AvgIpc) is 3.22. The van der Waals surface area contributed by atoms with Crippen molar-refractivity contribution in [3.63, 3.8) is 0 Å². The quantitative estimate of drug-likeness (QED) is 0.701. The minimum Gasteiger partial charge on any atom is -0.356 e. The lowest BCUT2D eigenvalue weighted by Crippen LogP contribution is -2.35. The first-order chi connectivity index (χ1) is 13.6. The van der Waals surface area contributed by atoms with Crippen LogP contribution >= 0.6 is 0 Å². The SMILES string of the molecule is CC1CCN(CCCNC(=O)CCC(=O)N2CCC(c3ccccc3)=N2)CC1.